The summed E-state index contributed by atoms with van der Waals surface area (Å²) < 4.78 is 14.8. The van der Waals surface area contributed by atoms with Crippen LogP contribution >= 0.6 is 0 Å². The fourth-order valence-electron chi connectivity index (χ4n) is 1.78. The number of nitro groups is 1. The fourth-order valence-corrected chi connectivity index (χ4v) is 1.78. The van der Waals surface area contributed by atoms with Gasteiger partial charge in [0.2, 0.25) is 5.82 Å². The zero-order valence-electron chi connectivity index (χ0n) is 11.0. The zero-order valence-corrected chi connectivity index (χ0v) is 11.0. The summed E-state index contributed by atoms with van der Waals surface area (Å²) in [6.07, 6.45) is 2.73. The molecule has 0 atom stereocenters. The molecule has 0 saturated heterocycles. The molecule has 0 unspecified atom stereocenters. The van der Waals surface area contributed by atoms with Crippen molar-refractivity contribution in [2.75, 3.05) is 6.54 Å². The molecule has 0 bridgehead atoms. The van der Waals surface area contributed by atoms with E-state index < -0.39 is 16.4 Å². The van der Waals surface area contributed by atoms with E-state index in [-0.39, 0.29) is 0 Å². The molecular weight excluding hydrogens is 263 g/mol. The van der Waals surface area contributed by atoms with Gasteiger partial charge in [-0.1, -0.05) is 6.92 Å². The van der Waals surface area contributed by atoms with E-state index >= 15 is 0 Å². The van der Waals surface area contributed by atoms with Gasteiger partial charge in [0.15, 0.2) is 0 Å². The average molecular weight is 278 g/mol. The first kappa shape index (κ1) is 14.1. The second kappa shape index (κ2) is 6.25. The molecule has 0 aliphatic rings. The van der Waals surface area contributed by atoms with Crippen molar-refractivity contribution < 1.29 is 9.31 Å². The van der Waals surface area contributed by atoms with Crippen LogP contribution in [0.1, 0.15) is 19.0 Å². The predicted molar refractivity (Wildman–Crippen MR) is 72.2 cm³/mol. The molecule has 20 heavy (non-hydrogen) atoms. The van der Waals surface area contributed by atoms with Gasteiger partial charge in [-0.05, 0) is 31.2 Å². The van der Waals surface area contributed by atoms with Crippen LogP contribution in [-0.2, 0) is 6.54 Å². The van der Waals surface area contributed by atoms with Gasteiger partial charge in [0.1, 0.15) is 0 Å². The van der Waals surface area contributed by atoms with Gasteiger partial charge >= 0.3 is 5.69 Å². The number of benzene rings is 1. The van der Waals surface area contributed by atoms with Gasteiger partial charge in [0.25, 0.3) is 0 Å². The zero-order chi connectivity index (χ0) is 14.5. The Labute approximate surface area is 115 Å². The maximum Gasteiger partial charge on any atom is 0.306 e. The number of hydrogen-bond donors (Lipinski definition) is 1. The predicted octanol–water partition coefficient (Wildman–Crippen LogP) is 2.42. The molecule has 0 saturated carbocycles. The second-order valence-electron chi connectivity index (χ2n) is 4.32. The molecule has 0 aliphatic heterocycles. The highest BCUT2D eigenvalue weighted by Crippen LogP contribution is 2.20. The van der Waals surface area contributed by atoms with Crippen LogP contribution in [0.4, 0.5) is 10.1 Å². The summed E-state index contributed by atoms with van der Waals surface area (Å²) in [5.41, 5.74) is 0.730. The summed E-state index contributed by atoms with van der Waals surface area (Å²) in [5, 5.41) is 18.2. The van der Waals surface area contributed by atoms with Gasteiger partial charge in [-0.2, -0.15) is 9.49 Å². The molecule has 1 aromatic carbocycles. The van der Waals surface area contributed by atoms with Gasteiger partial charge in [0, 0.05) is 18.8 Å². The minimum atomic E-state index is -0.851. The van der Waals surface area contributed by atoms with Crippen molar-refractivity contribution in [1.29, 1.82) is 0 Å². The van der Waals surface area contributed by atoms with Crippen molar-refractivity contribution in [3.05, 3.63) is 52.1 Å². The first-order valence-corrected chi connectivity index (χ1v) is 6.31. The molecule has 1 heterocycles. The lowest BCUT2D eigenvalue weighted by molar-refractivity contribution is -0.387. The summed E-state index contributed by atoms with van der Waals surface area (Å²) >= 11 is 0. The van der Waals surface area contributed by atoms with E-state index in [2.05, 4.69) is 17.3 Å². The molecule has 0 amide bonds. The molecule has 0 radical (unpaired) electrons. The quantitative estimate of drug-likeness (QED) is 0.500. The van der Waals surface area contributed by atoms with Crippen molar-refractivity contribution in [1.82, 2.24) is 15.1 Å². The van der Waals surface area contributed by atoms with Gasteiger partial charge in [0.05, 0.1) is 16.3 Å². The van der Waals surface area contributed by atoms with Crippen LogP contribution in [0.3, 0.4) is 0 Å². The summed E-state index contributed by atoms with van der Waals surface area (Å²) in [5.74, 6) is -0.851. The number of rotatable bonds is 6. The monoisotopic (exact) mass is 278 g/mol. The summed E-state index contributed by atoms with van der Waals surface area (Å²) in [6.45, 7) is 3.60. The van der Waals surface area contributed by atoms with Crippen molar-refractivity contribution in [3.8, 4) is 5.69 Å². The Bertz CT molecular complexity index is 612. The second-order valence-corrected chi connectivity index (χ2v) is 4.32. The minimum Gasteiger partial charge on any atom is -0.311 e. The lowest BCUT2D eigenvalue weighted by atomic mass is 10.2. The van der Waals surface area contributed by atoms with Crippen LogP contribution in [0, 0.1) is 15.9 Å². The van der Waals surface area contributed by atoms with E-state index in [4.69, 9.17) is 0 Å². The van der Waals surface area contributed by atoms with E-state index in [0.29, 0.717) is 12.2 Å². The molecule has 7 heteroatoms. The number of nitro benzene ring substituents is 1. The van der Waals surface area contributed by atoms with E-state index in [9.17, 15) is 14.5 Å². The third-order valence-electron chi connectivity index (χ3n) is 2.77. The average Bonchev–Trinajstić information content (AvgIpc) is 2.88. The van der Waals surface area contributed by atoms with E-state index in [1.807, 2.05) is 6.07 Å². The number of halogens is 1. The van der Waals surface area contributed by atoms with Crippen molar-refractivity contribution in [2.45, 2.75) is 19.9 Å². The molecule has 1 N–H and O–H groups in total. The third-order valence-corrected chi connectivity index (χ3v) is 2.77. The minimum absolute atomic E-state index is 0.458. The van der Waals surface area contributed by atoms with Crippen LogP contribution in [0.25, 0.3) is 5.69 Å². The van der Waals surface area contributed by atoms with E-state index in [1.165, 1.54) is 16.8 Å². The maximum atomic E-state index is 13.3. The maximum absolute atomic E-state index is 13.3. The van der Waals surface area contributed by atoms with Crippen molar-refractivity contribution in [2.24, 2.45) is 0 Å². The lowest BCUT2D eigenvalue weighted by Gasteiger charge is -2.02. The Morgan fingerprint density at radius 1 is 1.45 bits per heavy atom. The smallest absolute Gasteiger partial charge is 0.306 e. The van der Waals surface area contributed by atoms with Crippen LogP contribution in [-0.4, -0.2) is 21.2 Å². The Balaban J connectivity index is 2.19. The molecule has 106 valence electrons. The van der Waals surface area contributed by atoms with Crippen LogP contribution in [0.15, 0.2) is 30.5 Å². The molecule has 2 rings (SSSR count). The molecule has 0 spiro atoms. The van der Waals surface area contributed by atoms with Crippen molar-refractivity contribution in [3.63, 3.8) is 0 Å². The van der Waals surface area contributed by atoms with Gasteiger partial charge in [-0.25, -0.2) is 4.68 Å². The fraction of sp³-hybridized carbons (Fsp3) is 0.308. The van der Waals surface area contributed by atoms with E-state index in [0.717, 1.165) is 24.7 Å². The highest BCUT2D eigenvalue weighted by molar-refractivity contribution is 5.43. The summed E-state index contributed by atoms with van der Waals surface area (Å²) in [6, 6.07) is 5.52. The Morgan fingerprint density at radius 2 is 2.25 bits per heavy atom. The first-order chi connectivity index (χ1) is 9.61. The highest BCUT2D eigenvalue weighted by Gasteiger charge is 2.15. The SMILES string of the molecule is CCCNCc1ccn(-c2ccc(F)c([N+](=O)[O-])c2)n1. The Hall–Kier alpha value is -2.28. The third kappa shape index (κ3) is 3.18. The van der Waals surface area contributed by atoms with Gasteiger partial charge < -0.3 is 5.32 Å². The standard InChI is InChI=1S/C13H15FN4O2/c1-2-6-15-9-10-5-7-17(16-10)11-3-4-12(14)13(8-11)18(19)20/h3-5,7-8,15H,2,6,9H2,1H3. The van der Waals surface area contributed by atoms with E-state index in [1.54, 1.807) is 6.20 Å². The van der Waals surface area contributed by atoms with Gasteiger partial charge in [-0.3, -0.25) is 10.1 Å². The first-order valence-electron chi connectivity index (χ1n) is 6.31. The van der Waals surface area contributed by atoms with Gasteiger partial charge in [-0.15, -0.1) is 0 Å². The molecular formula is C13H15FN4O2. The number of hydrogen-bond acceptors (Lipinski definition) is 4. The van der Waals surface area contributed by atoms with Crippen LogP contribution in [0.5, 0.6) is 0 Å². The summed E-state index contributed by atoms with van der Waals surface area (Å²) in [7, 11) is 0. The summed E-state index contributed by atoms with van der Waals surface area (Å²) in [4.78, 5) is 9.97. The Morgan fingerprint density at radius 3 is 2.95 bits per heavy atom. The normalized spacial score (nSPS) is 10.7. The molecule has 0 aliphatic carbocycles. The largest absolute Gasteiger partial charge is 0.311 e. The molecule has 6 nitrogen and oxygen atoms in total. The number of aromatic nitrogens is 2. The topological polar surface area (TPSA) is 73.0 Å². The van der Waals surface area contributed by atoms with Crippen LogP contribution in [0.2, 0.25) is 0 Å². The molecule has 1 aromatic heterocycles. The van der Waals surface area contributed by atoms with Crippen LogP contribution < -0.4 is 5.32 Å². The number of nitrogens with one attached hydrogen (secondary N) is 1. The Kier molecular flexibility index (Phi) is 4.41. The lowest BCUT2D eigenvalue weighted by Crippen LogP contribution is -2.14. The van der Waals surface area contributed by atoms with Crippen molar-refractivity contribution >= 4 is 5.69 Å². The molecule has 0 fully saturated rings. The number of nitrogens with zero attached hydrogens (tertiary/aromatic N) is 3. The highest BCUT2D eigenvalue weighted by atomic mass is 19.1. The molecule has 2 aromatic rings.